The lowest BCUT2D eigenvalue weighted by Gasteiger charge is -1.99. The highest BCUT2D eigenvalue weighted by atomic mass is 16.4. The number of aryl methyl sites for hydroxylation is 1. The first kappa shape index (κ1) is 10.1. The molecule has 2 rings (SSSR count). The third-order valence-electron chi connectivity index (χ3n) is 1.82. The number of carbonyl (C=O) groups is 1. The van der Waals surface area contributed by atoms with E-state index in [1.165, 1.54) is 12.3 Å². The van der Waals surface area contributed by atoms with Crippen LogP contribution in [0.15, 0.2) is 18.3 Å². The van der Waals surface area contributed by atoms with Crippen molar-refractivity contribution >= 4 is 5.97 Å². The van der Waals surface area contributed by atoms with E-state index in [9.17, 15) is 4.79 Å². The van der Waals surface area contributed by atoms with Gasteiger partial charge in [0, 0.05) is 11.8 Å². The van der Waals surface area contributed by atoms with Crippen molar-refractivity contribution in [2.75, 3.05) is 0 Å². The highest BCUT2D eigenvalue weighted by Crippen LogP contribution is 2.12. The van der Waals surface area contributed by atoms with Crippen LogP contribution in [0.1, 0.15) is 16.3 Å². The molecule has 1 N–H and O–H groups in total. The van der Waals surface area contributed by atoms with Gasteiger partial charge in [-0.2, -0.15) is 0 Å². The summed E-state index contributed by atoms with van der Waals surface area (Å²) in [7, 11) is 0. The SMILES string of the molecule is Cc1nnc(-c2ccnc(C(=O)O)c2)nn1. The van der Waals surface area contributed by atoms with Crippen molar-refractivity contribution in [2.24, 2.45) is 0 Å². The summed E-state index contributed by atoms with van der Waals surface area (Å²) in [4.78, 5) is 14.4. The maximum atomic E-state index is 10.7. The highest BCUT2D eigenvalue weighted by Gasteiger charge is 2.08. The molecular formula is C9H7N5O2. The second kappa shape index (κ2) is 3.97. The highest BCUT2D eigenvalue weighted by molar-refractivity contribution is 5.86. The lowest BCUT2D eigenvalue weighted by Crippen LogP contribution is -2.02. The van der Waals surface area contributed by atoms with E-state index >= 15 is 0 Å². The molecule has 16 heavy (non-hydrogen) atoms. The fraction of sp³-hybridized carbons (Fsp3) is 0.111. The Balaban J connectivity index is 2.44. The van der Waals surface area contributed by atoms with Crippen molar-refractivity contribution in [3.63, 3.8) is 0 Å². The van der Waals surface area contributed by atoms with E-state index < -0.39 is 5.97 Å². The predicted octanol–water partition coefficient (Wildman–Crippen LogP) is 0.335. The number of hydrogen-bond acceptors (Lipinski definition) is 6. The molecule has 0 amide bonds. The molecular weight excluding hydrogens is 210 g/mol. The monoisotopic (exact) mass is 217 g/mol. The minimum atomic E-state index is -1.10. The second-order valence-electron chi connectivity index (χ2n) is 3.01. The Morgan fingerprint density at radius 3 is 2.56 bits per heavy atom. The van der Waals surface area contributed by atoms with Crippen LogP contribution in [0.5, 0.6) is 0 Å². The van der Waals surface area contributed by atoms with E-state index in [1.807, 2.05) is 0 Å². The van der Waals surface area contributed by atoms with Gasteiger partial charge < -0.3 is 5.11 Å². The van der Waals surface area contributed by atoms with Crippen LogP contribution >= 0.6 is 0 Å². The molecule has 0 aromatic carbocycles. The number of nitrogens with zero attached hydrogens (tertiary/aromatic N) is 5. The van der Waals surface area contributed by atoms with Crippen molar-refractivity contribution in [1.82, 2.24) is 25.4 Å². The van der Waals surface area contributed by atoms with Gasteiger partial charge in [0.15, 0.2) is 5.82 Å². The smallest absolute Gasteiger partial charge is 0.354 e. The standard InChI is InChI=1S/C9H7N5O2/c1-5-11-13-8(14-12-5)6-2-3-10-7(4-6)9(15)16/h2-4H,1H3,(H,15,16). The number of hydrogen-bond donors (Lipinski definition) is 1. The Hall–Kier alpha value is -2.44. The van der Waals surface area contributed by atoms with E-state index in [0.717, 1.165) is 0 Å². The summed E-state index contributed by atoms with van der Waals surface area (Å²) in [5, 5.41) is 23.9. The van der Waals surface area contributed by atoms with Gasteiger partial charge in [-0.25, -0.2) is 9.78 Å². The number of aromatic nitrogens is 5. The van der Waals surface area contributed by atoms with Gasteiger partial charge in [0.1, 0.15) is 5.69 Å². The van der Waals surface area contributed by atoms with Gasteiger partial charge in [0.25, 0.3) is 0 Å². The third kappa shape index (κ3) is 1.97. The van der Waals surface area contributed by atoms with Crippen LogP contribution in [0.3, 0.4) is 0 Å². The predicted molar refractivity (Wildman–Crippen MR) is 52.5 cm³/mol. The lowest BCUT2D eigenvalue weighted by molar-refractivity contribution is 0.0690. The van der Waals surface area contributed by atoms with E-state index in [0.29, 0.717) is 11.4 Å². The average molecular weight is 217 g/mol. The van der Waals surface area contributed by atoms with E-state index in [4.69, 9.17) is 5.11 Å². The molecule has 0 aliphatic heterocycles. The third-order valence-corrected chi connectivity index (χ3v) is 1.82. The van der Waals surface area contributed by atoms with Crippen molar-refractivity contribution in [3.8, 4) is 11.4 Å². The molecule has 80 valence electrons. The van der Waals surface area contributed by atoms with E-state index in [1.54, 1.807) is 13.0 Å². The van der Waals surface area contributed by atoms with Crippen LogP contribution in [0.25, 0.3) is 11.4 Å². The molecule has 0 saturated heterocycles. The summed E-state index contributed by atoms with van der Waals surface area (Å²) in [5.74, 6) is -0.373. The average Bonchev–Trinajstić information content (AvgIpc) is 2.30. The van der Waals surface area contributed by atoms with Crippen LogP contribution in [0, 0.1) is 6.92 Å². The first-order chi connectivity index (χ1) is 7.66. The van der Waals surface area contributed by atoms with Gasteiger partial charge in [-0.15, -0.1) is 20.4 Å². The minimum Gasteiger partial charge on any atom is -0.477 e. The van der Waals surface area contributed by atoms with Crippen LogP contribution in [-0.4, -0.2) is 36.5 Å². The maximum Gasteiger partial charge on any atom is 0.354 e. The maximum absolute atomic E-state index is 10.7. The van der Waals surface area contributed by atoms with E-state index in [-0.39, 0.29) is 11.5 Å². The van der Waals surface area contributed by atoms with Crippen LogP contribution < -0.4 is 0 Å². The summed E-state index contributed by atoms with van der Waals surface area (Å²) in [6.07, 6.45) is 1.38. The van der Waals surface area contributed by atoms with Gasteiger partial charge in [-0.1, -0.05) is 0 Å². The number of carboxylic acids is 1. The zero-order valence-electron chi connectivity index (χ0n) is 8.32. The normalized spacial score (nSPS) is 10.1. The lowest BCUT2D eigenvalue weighted by atomic mass is 10.2. The summed E-state index contributed by atoms with van der Waals surface area (Å²) in [6.45, 7) is 1.67. The molecule has 0 spiro atoms. The Bertz CT molecular complexity index is 526. The van der Waals surface area contributed by atoms with Gasteiger partial charge in [-0.05, 0) is 19.1 Å². The number of pyridine rings is 1. The van der Waals surface area contributed by atoms with Gasteiger partial charge in [0.2, 0.25) is 5.82 Å². The van der Waals surface area contributed by atoms with Crippen LogP contribution in [0.2, 0.25) is 0 Å². The zero-order chi connectivity index (χ0) is 11.5. The summed E-state index contributed by atoms with van der Waals surface area (Å²) >= 11 is 0. The Morgan fingerprint density at radius 2 is 1.94 bits per heavy atom. The summed E-state index contributed by atoms with van der Waals surface area (Å²) in [6, 6.07) is 2.97. The van der Waals surface area contributed by atoms with Gasteiger partial charge in [-0.3, -0.25) is 0 Å². The van der Waals surface area contributed by atoms with Gasteiger partial charge >= 0.3 is 5.97 Å². The Morgan fingerprint density at radius 1 is 1.25 bits per heavy atom. The van der Waals surface area contributed by atoms with Crippen molar-refractivity contribution < 1.29 is 9.90 Å². The fourth-order valence-corrected chi connectivity index (χ4v) is 1.08. The largest absolute Gasteiger partial charge is 0.477 e. The molecule has 2 heterocycles. The molecule has 0 saturated carbocycles. The fourth-order valence-electron chi connectivity index (χ4n) is 1.08. The van der Waals surface area contributed by atoms with Crippen molar-refractivity contribution in [3.05, 3.63) is 29.8 Å². The Labute approximate surface area is 90.2 Å². The molecule has 0 unspecified atom stereocenters. The number of carboxylic acid groups (broad SMARTS) is 1. The molecule has 0 fully saturated rings. The number of rotatable bonds is 2. The van der Waals surface area contributed by atoms with Crippen LogP contribution in [-0.2, 0) is 0 Å². The second-order valence-corrected chi connectivity index (χ2v) is 3.01. The quantitative estimate of drug-likeness (QED) is 0.773. The molecule has 7 nitrogen and oxygen atoms in total. The van der Waals surface area contributed by atoms with Crippen LogP contribution in [0.4, 0.5) is 0 Å². The molecule has 0 radical (unpaired) electrons. The molecule has 7 heteroatoms. The minimum absolute atomic E-state index is 0.0679. The molecule has 0 aliphatic rings. The topological polar surface area (TPSA) is 102 Å². The van der Waals surface area contributed by atoms with E-state index in [2.05, 4.69) is 25.4 Å². The van der Waals surface area contributed by atoms with Gasteiger partial charge in [0.05, 0.1) is 0 Å². The molecule has 0 atom stereocenters. The molecule has 0 aliphatic carbocycles. The van der Waals surface area contributed by atoms with Crippen molar-refractivity contribution in [1.29, 1.82) is 0 Å². The van der Waals surface area contributed by atoms with Crippen molar-refractivity contribution in [2.45, 2.75) is 6.92 Å². The molecule has 0 bridgehead atoms. The molecule has 2 aromatic heterocycles. The summed E-state index contributed by atoms with van der Waals surface area (Å²) in [5.41, 5.74) is 0.453. The first-order valence-corrected chi connectivity index (χ1v) is 4.40. The first-order valence-electron chi connectivity index (χ1n) is 4.40. The number of aromatic carboxylic acids is 1. The Kier molecular flexibility index (Phi) is 2.50. The summed E-state index contributed by atoms with van der Waals surface area (Å²) < 4.78 is 0. The molecule has 2 aromatic rings. The zero-order valence-corrected chi connectivity index (χ0v) is 8.32.